The van der Waals surface area contributed by atoms with Gasteiger partial charge in [-0.3, -0.25) is 9.78 Å². The van der Waals surface area contributed by atoms with E-state index in [-0.39, 0.29) is 12.6 Å². The van der Waals surface area contributed by atoms with Crippen LogP contribution in [-0.2, 0) is 16.1 Å². The summed E-state index contributed by atoms with van der Waals surface area (Å²) in [4.78, 5) is 16.8. The first-order valence-electron chi connectivity index (χ1n) is 6.58. The number of hydrogen-bond acceptors (Lipinski definition) is 4. The Morgan fingerprint density at radius 1 is 1.29 bits per heavy atom. The third-order valence-electron chi connectivity index (χ3n) is 2.72. The fourth-order valence-electron chi connectivity index (χ4n) is 1.72. The van der Waals surface area contributed by atoms with E-state index in [9.17, 15) is 4.79 Å². The fourth-order valence-corrected chi connectivity index (χ4v) is 2.67. The Kier molecular flexibility index (Phi) is 6.08. The second kappa shape index (κ2) is 8.05. The van der Waals surface area contributed by atoms with Gasteiger partial charge in [-0.2, -0.15) is 0 Å². The first kappa shape index (κ1) is 15.9. The van der Waals surface area contributed by atoms with Gasteiger partial charge in [-0.15, -0.1) is 11.8 Å². The van der Waals surface area contributed by atoms with E-state index in [0.29, 0.717) is 17.2 Å². The molecule has 0 aliphatic carbocycles. The molecule has 0 saturated carbocycles. The molecule has 0 aliphatic rings. The van der Waals surface area contributed by atoms with E-state index in [1.165, 1.54) is 0 Å². The third-order valence-corrected chi connectivity index (χ3v) is 3.99. The zero-order valence-electron chi connectivity index (χ0n) is 11.7. The Hall–Kier alpha value is -1.52. The van der Waals surface area contributed by atoms with Crippen LogP contribution in [0.5, 0.6) is 0 Å². The zero-order chi connectivity index (χ0) is 15.1. The van der Waals surface area contributed by atoms with Crippen molar-refractivity contribution in [3.8, 4) is 0 Å². The third kappa shape index (κ3) is 5.78. The van der Waals surface area contributed by atoms with Crippen molar-refractivity contribution in [1.29, 1.82) is 0 Å². The predicted molar refractivity (Wildman–Crippen MR) is 85.6 cm³/mol. The van der Waals surface area contributed by atoms with Crippen molar-refractivity contribution in [3.63, 3.8) is 0 Å². The van der Waals surface area contributed by atoms with Gasteiger partial charge in [0.2, 0.25) is 0 Å². The quantitative estimate of drug-likeness (QED) is 0.588. The van der Waals surface area contributed by atoms with E-state index < -0.39 is 0 Å². The molecule has 0 radical (unpaired) electrons. The molecule has 1 aromatic heterocycles. The van der Waals surface area contributed by atoms with Gasteiger partial charge in [0, 0.05) is 33.6 Å². The molecule has 110 valence electrons. The number of thioether (sulfide) groups is 1. The lowest BCUT2D eigenvalue weighted by Crippen LogP contribution is -2.05. The predicted octanol–water partition coefficient (Wildman–Crippen LogP) is 4.27. The van der Waals surface area contributed by atoms with Gasteiger partial charge in [0.05, 0.1) is 6.42 Å². The number of hydrogen-bond donors (Lipinski definition) is 0. The smallest absolute Gasteiger partial charge is 0.306 e. The summed E-state index contributed by atoms with van der Waals surface area (Å²) >= 11 is 7.43. The van der Waals surface area contributed by atoms with Crippen LogP contribution < -0.4 is 0 Å². The fraction of sp³-hybridized carbons (Fsp3) is 0.250. The summed E-state index contributed by atoms with van der Waals surface area (Å²) in [6.45, 7) is 2.24. The maximum atomic E-state index is 11.7. The molecule has 3 nitrogen and oxygen atoms in total. The molecule has 1 aromatic carbocycles. The lowest BCUT2D eigenvalue weighted by Gasteiger charge is -2.05. The maximum Gasteiger partial charge on any atom is 0.306 e. The molecule has 0 fully saturated rings. The van der Waals surface area contributed by atoms with E-state index in [1.807, 2.05) is 37.3 Å². The molecule has 0 atom stereocenters. The lowest BCUT2D eigenvalue weighted by atomic mass is 10.2. The average Bonchev–Trinajstić information content (AvgIpc) is 2.47. The highest BCUT2D eigenvalue weighted by atomic mass is 35.5. The van der Waals surface area contributed by atoms with Gasteiger partial charge in [0.1, 0.15) is 6.61 Å². The number of aryl methyl sites for hydroxylation is 1. The van der Waals surface area contributed by atoms with Crippen LogP contribution in [-0.4, -0.2) is 16.7 Å². The maximum absolute atomic E-state index is 11.7. The molecule has 2 aromatic rings. The normalized spacial score (nSPS) is 10.4. The van der Waals surface area contributed by atoms with Crippen LogP contribution in [0.15, 0.2) is 47.6 Å². The Labute approximate surface area is 133 Å². The van der Waals surface area contributed by atoms with Crippen LogP contribution in [0.4, 0.5) is 0 Å². The summed E-state index contributed by atoms with van der Waals surface area (Å²) in [6.07, 6.45) is 3.86. The monoisotopic (exact) mass is 321 g/mol. The minimum atomic E-state index is -0.196. The minimum Gasteiger partial charge on any atom is -0.461 e. The number of esters is 1. The first-order chi connectivity index (χ1) is 10.1. The van der Waals surface area contributed by atoms with Crippen molar-refractivity contribution in [2.24, 2.45) is 0 Å². The molecule has 0 amide bonds. The van der Waals surface area contributed by atoms with Crippen LogP contribution in [0, 0.1) is 6.92 Å². The lowest BCUT2D eigenvalue weighted by molar-refractivity contribution is -0.144. The van der Waals surface area contributed by atoms with E-state index in [1.54, 1.807) is 24.2 Å². The Morgan fingerprint density at radius 3 is 2.76 bits per heavy atom. The number of aromatic nitrogens is 1. The summed E-state index contributed by atoms with van der Waals surface area (Å²) in [6, 6.07) is 9.52. The van der Waals surface area contributed by atoms with Crippen molar-refractivity contribution in [3.05, 3.63) is 58.9 Å². The summed E-state index contributed by atoms with van der Waals surface area (Å²) < 4.78 is 5.23. The van der Waals surface area contributed by atoms with Crippen molar-refractivity contribution < 1.29 is 9.53 Å². The molecule has 0 aliphatic heterocycles. The van der Waals surface area contributed by atoms with Crippen LogP contribution in [0.3, 0.4) is 0 Å². The van der Waals surface area contributed by atoms with Crippen LogP contribution in [0.2, 0.25) is 5.02 Å². The molecule has 0 N–H and O–H groups in total. The molecular weight excluding hydrogens is 306 g/mol. The van der Waals surface area contributed by atoms with Gasteiger partial charge < -0.3 is 4.74 Å². The summed E-state index contributed by atoms with van der Waals surface area (Å²) in [5.41, 5.74) is 1.97. The average molecular weight is 322 g/mol. The van der Waals surface area contributed by atoms with Gasteiger partial charge in [0.25, 0.3) is 0 Å². The van der Waals surface area contributed by atoms with E-state index in [4.69, 9.17) is 16.3 Å². The number of carbonyl (C=O) groups excluding carboxylic acids is 1. The van der Waals surface area contributed by atoms with Crippen molar-refractivity contribution in [1.82, 2.24) is 4.98 Å². The van der Waals surface area contributed by atoms with Gasteiger partial charge in [-0.05, 0) is 42.8 Å². The molecule has 0 unspecified atom stereocenters. The first-order valence-corrected chi connectivity index (χ1v) is 7.94. The largest absolute Gasteiger partial charge is 0.461 e. The van der Waals surface area contributed by atoms with E-state index in [2.05, 4.69) is 4.98 Å². The van der Waals surface area contributed by atoms with Crippen LogP contribution in [0.25, 0.3) is 0 Å². The zero-order valence-corrected chi connectivity index (χ0v) is 13.3. The number of benzene rings is 1. The Balaban J connectivity index is 1.69. The molecule has 2 rings (SSSR count). The standard InChI is InChI=1S/C16H16ClNO2S/c1-12-8-13(10-18-9-12)11-20-16(19)6-7-21-15-4-2-14(17)3-5-15/h2-5,8-10H,6-7,11H2,1H3. The molecule has 1 heterocycles. The molecule has 0 saturated heterocycles. The molecular formula is C16H16ClNO2S. The summed E-state index contributed by atoms with van der Waals surface area (Å²) in [7, 11) is 0. The van der Waals surface area contributed by atoms with Crippen molar-refractivity contribution >= 4 is 29.3 Å². The number of rotatable bonds is 6. The SMILES string of the molecule is Cc1cncc(COC(=O)CCSc2ccc(Cl)cc2)c1. The number of pyridine rings is 1. The minimum absolute atomic E-state index is 0.196. The number of halogens is 1. The topological polar surface area (TPSA) is 39.2 Å². The second-order valence-corrected chi connectivity index (χ2v) is 6.19. The van der Waals surface area contributed by atoms with Crippen LogP contribution >= 0.6 is 23.4 Å². The molecule has 0 spiro atoms. The Bertz CT molecular complexity index is 601. The number of carbonyl (C=O) groups is 1. The van der Waals surface area contributed by atoms with Gasteiger partial charge in [-0.25, -0.2) is 0 Å². The van der Waals surface area contributed by atoms with Gasteiger partial charge in [0.15, 0.2) is 0 Å². The van der Waals surface area contributed by atoms with Gasteiger partial charge in [-0.1, -0.05) is 11.6 Å². The molecule has 5 heteroatoms. The highest BCUT2D eigenvalue weighted by Gasteiger charge is 2.04. The molecule has 21 heavy (non-hydrogen) atoms. The second-order valence-electron chi connectivity index (χ2n) is 4.58. The van der Waals surface area contributed by atoms with Crippen molar-refractivity contribution in [2.45, 2.75) is 24.8 Å². The van der Waals surface area contributed by atoms with Crippen LogP contribution in [0.1, 0.15) is 17.5 Å². The highest BCUT2D eigenvalue weighted by molar-refractivity contribution is 7.99. The number of ether oxygens (including phenoxy) is 1. The van der Waals surface area contributed by atoms with Crippen molar-refractivity contribution in [2.75, 3.05) is 5.75 Å². The summed E-state index contributed by atoms with van der Waals surface area (Å²) in [5.74, 6) is 0.491. The van der Waals surface area contributed by atoms with E-state index in [0.717, 1.165) is 16.0 Å². The molecule has 0 bridgehead atoms. The highest BCUT2D eigenvalue weighted by Crippen LogP contribution is 2.21. The number of nitrogens with zero attached hydrogens (tertiary/aromatic N) is 1. The Morgan fingerprint density at radius 2 is 2.05 bits per heavy atom. The van der Waals surface area contributed by atoms with Gasteiger partial charge >= 0.3 is 5.97 Å². The summed E-state index contributed by atoms with van der Waals surface area (Å²) in [5, 5.41) is 0.713. The van der Waals surface area contributed by atoms with E-state index >= 15 is 0 Å².